The lowest BCUT2D eigenvalue weighted by Crippen LogP contribution is -2.08. The van der Waals surface area contributed by atoms with Crippen molar-refractivity contribution in [3.05, 3.63) is 59.2 Å². The van der Waals surface area contributed by atoms with Gasteiger partial charge in [0.15, 0.2) is 0 Å². The average Bonchev–Trinajstić information content (AvgIpc) is 2.58. The molecule has 140 valence electrons. The Morgan fingerprint density at radius 1 is 0.846 bits per heavy atom. The highest BCUT2D eigenvalue weighted by atomic mass is 16.5. The molecule has 2 aromatic rings. The van der Waals surface area contributed by atoms with Crippen LogP contribution in [-0.4, -0.2) is 35.1 Å². The standard InChI is InChI=1S/2C10H13NO2/c1-3-13-10(12)6-9-5-4-8(2)7-11-9;1-3-13-10(12)7-9-6-8(2)4-5-11-9/h4-5,7H,3,6H2,1-2H3;4-6H,3,7H2,1-2H3. The van der Waals surface area contributed by atoms with E-state index in [1.54, 1.807) is 26.2 Å². The number of ether oxygens (including phenoxy) is 2. The quantitative estimate of drug-likeness (QED) is 0.739. The van der Waals surface area contributed by atoms with Gasteiger partial charge in [-0.3, -0.25) is 19.6 Å². The van der Waals surface area contributed by atoms with Crippen molar-refractivity contribution in [3.63, 3.8) is 0 Å². The number of nitrogens with zero attached hydrogens (tertiary/aromatic N) is 2. The molecule has 0 aliphatic rings. The van der Waals surface area contributed by atoms with Crippen LogP contribution in [0.25, 0.3) is 0 Å². The number of aryl methyl sites for hydroxylation is 2. The zero-order valence-corrected chi connectivity index (χ0v) is 15.8. The molecule has 0 saturated heterocycles. The second-order valence-electron chi connectivity index (χ2n) is 5.62. The lowest BCUT2D eigenvalue weighted by atomic mass is 10.2. The zero-order valence-electron chi connectivity index (χ0n) is 15.8. The fourth-order valence-electron chi connectivity index (χ4n) is 2.02. The van der Waals surface area contributed by atoms with E-state index in [0.29, 0.717) is 13.2 Å². The van der Waals surface area contributed by atoms with E-state index in [1.165, 1.54) is 0 Å². The van der Waals surface area contributed by atoms with E-state index in [9.17, 15) is 9.59 Å². The number of hydrogen-bond donors (Lipinski definition) is 0. The van der Waals surface area contributed by atoms with Crippen molar-refractivity contribution in [3.8, 4) is 0 Å². The van der Waals surface area contributed by atoms with E-state index in [2.05, 4.69) is 9.97 Å². The Hall–Kier alpha value is -2.76. The van der Waals surface area contributed by atoms with Gasteiger partial charge in [-0.1, -0.05) is 6.07 Å². The third-order valence-corrected chi connectivity index (χ3v) is 3.21. The molecular weight excluding hydrogens is 332 g/mol. The molecule has 0 aromatic carbocycles. The maximum Gasteiger partial charge on any atom is 0.311 e. The summed E-state index contributed by atoms with van der Waals surface area (Å²) in [6.45, 7) is 8.36. The Bertz CT molecular complexity index is 699. The molecule has 6 heteroatoms. The molecule has 0 spiro atoms. The van der Waals surface area contributed by atoms with Crippen LogP contribution in [0.5, 0.6) is 0 Å². The van der Waals surface area contributed by atoms with Crippen molar-refractivity contribution in [1.29, 1.82) is 0 Å². The molecule has 0 amide bonds. The first-order valence-electron chi connectivity index (χ1n) is 8.58. The van der Waals surface area contributed by atoms with Crippen molar-refractivity contribution >= 4 is 11.9 Å². The van der Waals surface area contributed by atoms with Gasteiger partial charge in [0.2, 0.25) is 0 Å². The lowest BCUT2D eigenvalue weighted by molar-refractivity contribution is -0.143. The van der Waals surface area contributed by atoms with E-state index in [0.717, 1.165) is 22.5 Å². The molecule has 2 aromatic heterocycles. The summed E-state index contributed by atoms with van der Waals surface area (Å²) in [7, 11) is 0. The van der Waals surface area contributed by atoms with Gasteiger partial charge in [0.25, 0.3) is 0 Å². The van der Waals surface area contributed by atoms with Gasteiger partial charge in [-0.15, -0.1) is 0 Å². The molecule has 0 radical (unpaired) electrons. The Kier molecular flexibility index (Phi) is 9.61. The van der Waals surface area contributed by atoms with Gasteiger partial charge >= 0.3 is 11.9 Å². The Balaban J connectivity index is 0.000000260. The molecule has 0 N–H and O–H groups in total. The lowest BCUT2D eigenvalue weighted by Gasteiger charge is -2.01. The van der Waals surface area contributed by atoms with Gasteiger partial charge in [0, 0.05) is 12.4 Å². The van der Waals surface area contributed by atoms with Gasteiger partial charge in [0.1, 0.15) is 0 Å². The van der Waals surface area contributed by atoms with Crippen LogP contribution in [0.1, 0.15) is 36.4 Å². The molecule has 2 rings (SSSR count). The summed E-state index contributed by atoms with van der Waals surface area (Å²) in [5.41, 5.74) is 3.71. The minimum atomic E-state index is -0.223. The summed E-state index contributed by atoms with van der Waals surface area (Å²) in [4.78, 5) is 30.3. The summed E-state index contributed by atoms with van der Waals surface area (Å²) in [5.74, 6) is -0.445. The molecule has 0 atom stereocenters. The minimum Gasteiger partial charge on any atom is -0.466 e. The van der Waals surface area contributed by atoms with Crippen molar-refractivity contribution in [1.82, 2.24) is 9.97 Å². The largest absolute Gasteiger partial charge is 0.466 e. The molecule has 0 fully saturated rings. The number of carbonyl (C=O) groups excluding carboxylic acids is 2. The molecule has 0 unspecified atom stereocenters. The second-order valence-corrected chi connectivity index (χ2v) is 5.62. The number of carbonyl (C=O) groups is 2. The van der Waals surface area contributed by atoms with Crippen LogP contribution in [0.3, 0.4) is 0 Å². The first-order valence-corrected chi connectivity index (χ1v) is 8.58. The van der Waals surface area contributed by atoms with Crippen LogP contribution in [-0.2, 0) is 31.9 Å². The van der Waals surface area contributed by atoms with E-state index in [4.69, 9.17) is 9.47 Å². The second kappa shape index (κ2) is 11.7. The average molecular weight is 358 g/mol. The third kappa shape index (κ3) is 8.92. The highest BCUT2D eigenvalue weighted by Gasteiger charge is 2.04. The molecule has 0 bridgehead atoms. The van der Waals surface area contributed by atoms with Crippen LogP contribution in [0.2, 0.25) is 0 Å². The van der Waals surface area contributed by atoms with Gasteiger partial charge in [-0.05, 0) is 57.0 Å². The number of rotatable bonds is 6. The molecular formula is C20H26N2O4. The molecule has 0 saturated carbocycles. The Morgan fingerprint density at radius 2 is 1.46 bits per heavy atom. The van der Waals surface area contributed by atoms with E-state index in [-0.39, 0.29) is 24.8 Å². The fourth-order valence-corrected chi connectivity index (χ4v) is 2.02. The van der Waals surface area contributed by atoms with Crippen molar-refractivity contribution in [2.45, 2.75) is 40.5 Å². The molecule has 26 heavy (non-hydrogen) atoms. The van der Waals surface area contributed by atoms with Gasteiger partial charge in [0.05, 0.1) is 37.4 Å². The minimum absolute atomic E-state index is 0.222. The van der Waals surface area contributed by atoms with Crippen LogP contribution in [0, 0.1) is 13.8 Å². The number of esters is 2. The SMILES string of the molecule is CCOC(=O)Cc1cc(C)ccn1.CCOC(=O)Cc1ccc(C)cn1. The molecule has 0 aliphatic carbocycles. The summed E-state index contributed by atoms with van der Waals surface area (Å²) < 4.78 is 9.60. The van der Waals surface area contributed by atoms with Gasteiger partial charge in [-0.2, -0.15) is 0 Å². The summed E-state index contributed by atoms with van der Waals surface area (Å²) in [5, 5.41) is 0. The van der Waals surface area contributed by atoms with Crippen LogP contribution >= 0.6 is 0 Å². The molecule has 6 nitrogen and oxygen atoms in total. The van der Waals surface area contributed by atoms with Crippen LogP contribution in [0.4, 0.5) is 0 Å². The highest BCUT2D eigenvalue weighted by Crippen LogP contribution is 2.02. The first kappa shape index (κ1) is 21.3. The summed E-state index contributed by atoms with van der Waals surface area (Å²) in [6.07, 6.45) is 3.96. The predicted octanol–water partition coefficient (Wildman–Crippen LogP) is 2.99. The predicted molar refractivity (Wildman–Crippen MR) is 98.6 cm³/mol. The van der Waals surface area contributed by atoms with E-state index >= 15 is 0 Å². The fraction of sp³-hybridized carbons (Fsp3) is 0.400. The van der Waals surface area contributed by atoms with Crippen LogP contribution in [0.15, 0.2) is 36.7 Å². The smallest absolute Gasteiger partial charge is 0.311 e. The molecule has 2 heterocycles. The van der Waals surface area contributed by atoms with Gasteiger partial charge < -0.3 is 9.47 Å². The van der Waals surface area contributed by atoms with E-state index < -0.39 is 0 Å². The third-order valence-electron chi connectivity index (χ3n) is 3.21. The Morgan fingerprint density at radius 3 is 1.96 bits per heavy atom. The summed E-state index contributed by atoms with van der Waals surface area (Å²) in [6, 6.07) is 7.55. The Labute approximate surface area is 154 Å². The van der Waals surface area contributed by atoms with Crippen molar-refractivity contribution < 1.29 is 19.1 Å². The normalized spacial score (nSPS) is 9.69. The number of aromatic nitrogens is 2. The van der Waals surface area contributed by atoms with E-state index in [1.807, 2.05) is 38.1 Å². The maximum atomic E-state index is 11.1. The zero-order chi connectivity index (χ0) is 19.4. The van der Waals surface area contributed by atoms with Gasteiger partial charge in [-0.25, -0.2) is 0 Å². The van der Waals surface area contributed by atoms with Crippen molar-refractivity contribution in [2.75, 3.05) is 13.2 Å². The topological polar surface area (TPSA) is 78.4 Å². The highest BCUT2D eigenvalue weighted by molar-refractivity contribution is 5.72. The maximum absolute atomic E-state index is 11.1. The number of hydrogen-bond acceptors (Lipinski definition) is 6. The summed E-state index contributed by atoms with van der Waals surface area (Å²) >= 11 is 0. The van der Waals surface area contributed by atoms with Crippen molar-refractivity contribution in [2.24, 2.45) is 0 Å². The monoisotopic (exact) mass is 358 g/mol. The number of pyridine rings is 2. The first-order chi connectivity index (χ1) is 12.4. The van der Waals surface area contributed by atoms with Crippen LogP contribution < -0.4 is 0 Å². The molecule has 0 aliphatic heterocycles.